The summed E-state index contributed by atoms with van der Waals surface area (Å²) in [6.45, 7) is 0. The van der Waals surface area contributed by atoms with E-state index in [1.54, 1.807) is 6.20 Å². The van der Waals surface area contributed by atoms with Crippen molar-refractivity contribution in [2.24, 2.45) is 0 Å². The summed E-state index contributed by atoms with van der Waals surface area (Å²) >= 11 is 5.63. The predicted molar refractivity (Wildman–Crippen MR) is 64.6 cm³/mol. The van der Waals surface area contributed by atoms with Crippen LogP contribution >= 0.6 is 11.6 Å². The zero-order chi connectivity index (χ0) is 11.7. The number of hydrogen-bond acceptors (Lipinski definition) is 4. The molecule has 0 aliphatic heterocycles. The molecule has 0 aliphatic carbocycles. The highest BCUT2D eigenvalue weighted by Gasteiger charge is 2.08. The molecule has 2 heterocycles. The number of aromatic nitrogens is 3. The number of halogens is 1. The second kappa shape index (κ2) is 4.14. The number of pyridine rings is 1. The van der Waals surface area contributed by atoms with E-state index in [1.807, 2.05) is 30.3 Å². The van der Waals surface area contributed by atoms with Crippen LogP contribution in [-0.4, -0.2) is 15.1 Å². The minimum absolute atomic E-state index is 0.249. The van der Waals surface area contributed by atoms with Gasteiger partial charge in [-0.05, 0) is 24.3 Å². The van der Waals surface area contributed by atoms with E-state index in [2.05, 4.69) is 15.1 Å². The first kappa shape index (κ1) is 10.2. The van der Waals surface area contributed by atoms with Crippen LogP contribution in [0.2, 0.25) is 0 Å². The number of hydrogen-bond donors (Lipinski definition) is 0. The smallest absolute Gasteiger partial charge is 0.257 e. The van der Waals surface area contributed by atoms with E-state index in [4.69, 9.17) is 16.1 Å². The Bertz CT molecular complexity index is 665. The van der Waals surface area contributed by atoms with Crippen molar-refractivity contribution in [1.29, 1.82) is 0 Å². The van der Waals surface area contributed by atoms with E-state index in [9.17, 15) is 0 Å². The minimum atomic E-state index is 0.249. The number of rotatable bonds is 2. The number of alkyl halides is 1. The number of fused-ring (bicyclic) bond motifs is 1. The molecule has 1 aromatic carbocycles. The summed E-state index contributed by atoms with van der Waals surface area (Å²) in [5.41, 5.74) is 1.81. The van der Waals surface area contributed by atoms with Gasteiger partial charge < -0.3 is 4.52 Å². The van der Waals surface area contributed by atoms with Crippen LogP contribution in [0.15, 0.2) is 41.1 Å². The van der Waals surface area contributed by atoms with Crippen LogP contribution in [0.3, 0.4) is 0 Å². The molecule has 0 unspecified atom stereocenters. The van der Waals surface area contributed by atoms with Crippen molar-refractivity contribution in [3.8, 4) is 11.5 Å². The third kappa shape index (κ3) is 1.87. The largest absolute Gasteiger partial charge is 0.334 e. The molecule has 4 nitrogen and oxygen atoms in total. The second-order valence-corrected chi connectivity index (χ2v) is 3.83. The summed E-state index contributed by atoms with van der Waals surface area (Å²) in [4.78, 5) is 8.43. The fourth-order valence-corrected chi connectivity index (χ4v) is 1.74. The van der Waals surface area contributed by atoms with E-state index in [1.165, 1.54) is 0 Å². The molecule has 84 valence electrons. The van der Waals surface area contributed by atoms with Crippen molar-refractivity contribution < 1.29 is 4.52 Å². The first-order valence-corrected chi connectivity index (χ1v) is 5.64. The Hall–Kier alpha value is -1.94. The lowest BCUT2D eigenvalue weighted by atomic mass is 10.1. The summed E-state index contributed by atoms with van der Waals surface area (Å²) in [7, 11) is 0. The molecule has 3 aromatic rings. The summed E-state index contributed by atoms with van der Waals surface area (Å²) in [6.07, 6.45) is 1.76. The molecule has 0 bridgehead atoms. The monoisotopic (exact) mass is 245 g/mol. The lowest BCUT2D eigenvalue weighted by molar-refractivity contribution is 0.425. The van der Waals surface area contributed by atoms with Crippen LogP contribution < -0.4 is 0 Å². The zero-order valence-electron chi connectivity index (χ0n) is 8.80. The number of nitrogens with zero attached hydrogens (tertiary/aromatic N) is 3. The maximum absolute atomic E-state index is 5.63. The van der Waals surface area contributed by atoms with Crippen molar-refractivity contribution in [2.75, 3.05) is 0 Å². The van der Waals surface area contributed by atoms with E-state index in [0.29, 0.717) is 11.7 Å². The molecule has 0 fully saturated rings. The van der Waals surface area contributed by atoms with Gasteiger partial charge in [0, 0.05) is 17.1 Å². The van der Waals surface area contributed by atoms with Crippen LogP contribution in [0.5, 0.6) is 0 Å². The SMILES string of the molecule is ClCc1noc(-c2ccc3ncccc3c2)n1. The highest BCUT2D eigenvalue weighted by atomic mass is 35.5. The van der Waals surface area contributed by atoms with Gasteiger partial charge in [-0.25, -0.2) is 0 Å². The Morgan fingerprint density at radius 2 is 2.18 bits per heavy atom. The third-order valence-corrected chi connectivity index (χ3v) is 2.68. The predicted octanol–water partition coefficient (Wildman–Crippen LogP) is 3.02. The van der Waals surface area contributed by atoms with E-state index >= 15 is 0 Å². The standard InChI is InChI=1S/C12H8ClN3O/c13-7-11-15-12(17-16-11)9-3-4-10-8(6-9)2-1-5-14-10/h1-6H,7H2. The van der Waals surface area contributed by atoms with Crippen LogP contribution in [0.1, 0.15) is 5.82 Å². The second-order valence-electron chi connectivity index (χ2n) is 3.56. The Labute approximate surface area is 102 Å². The molecule has 17 heavy (non-hydrogen) atoms. The van der Waals surface area contributed by atoms with Crippen molar-refractivity contribution in [3.05, 3.63) is 42.4 Å². The molecule has 5 heteroatoms. The Balaban J connectivity index is 2.11. The van der Waals surface area contributed by atoms with Gasteiger partial charge in [-0.2, -0.15) is 4.98 Å². The molecule has 2 aromatic heterocycles. The highest BCUT2D eigenvalue weighted by Crippen LogP contribution is 2.22. The highest BCUT2D eigenvalue weighted by molar-refractivity contribution is 6.16. The van der Waals surface area contributed by atoms with Gasteiger partial charge in [-0.1, -0.05) is 11.2 Å². The summed E-state index contributed by atoms with van der Waals surface area (Å²) in [5, 5.41) is 4.80. The Kier molecular flexibility index (Phi) is 2.49. The number of benzene rings is 1. The van der Waals surface area contributed by atoms with E-state index in [0.717, 1.165) is 16.5 Å². The van der Waals surface area contributed by atoms with Crippen LogP contribution in [-0.2, 0) is 5.88 Å². The molecule has 0 saturated carbocycles. The fourth-order valence-electron chi connectivity index (χ4n) is 1.63. The molecule has 0 amide bonds. The normalized spacial score (nSPS) is 10.9. The minimum Gasteiger partial charge on any atom is -0.334 e. The Morgan fingerprint density at radius 3 is 3.00 bits per heavy atom. The maximum atomic E-state index is 5.63. The molecule has 0 aliphatic rings. The molecule has 3 rings (SSSR count). The van der Waals surface area contributed by atoms with Crippen molar-refractivity contribution in [2.45, 2.75) is 5.88 Å². The molecule has 0 N–H and O–H groups in total. The lowest BCUT2D eigenvalue weighted by Gasteiger charge is -1.98. The van der Waals surface area contributed by atoms with E-state index < -0.39 is 0 Å². The molecular weight excluding hydrogens is 238 g/mol. The topological polar surface area (TPSA) is 51.8 Å². The van der Waals surface area contributed by atoms with Crippen molar-refractivity contribution in [1.82, 2.24) is 15.1 Å². The lowest BCUT2D eigenvalue weighted by Crippen LogP contribution is -1.82. The summed E-state index contributed by atoms with van der Waals surface area (Å²) in [5.74, 6) is 1.22. The van der Waals surface area contributed by atoms with Crippen molar-refractivity contribution in [3.63, 3.8) is 0 Å². The van der Waals surface area contributed by atoms with Gasteiger partial charge in [0.2, 0.25) is 0 Å². The van der Waals surface area contributed by atoms with Gasteiger partial charge in [0.1, 0.15) is 0 Å². The third-order valence-electron chi connectivity index (χ3n) is 2.44. The van der Waals surface area contributed by atoms with Crippen LogP contribution in [0, 0.1) is 0 Å². The first-order chi connectivity index (χ1) is 8.36. The molecule has 0 radical (unpaired) electrons. The van der Waals surface area contributed by atoms with Gasteiger partial charge in [-0.15, -0.1) is 11.6 Å². The fraction of sp³-hybridized carbons (Fsp3) is 0.0833. The Morgan fingerprint density at radius 1 is 1.24 bits per heavy atom. The van der Waals surface area contributed by atoms with Crippen molar-refractivity contribution >= 4 is 22.5 Å². The molecular formula is C12H8ClN3O. The average Bonchev–Trinajstić information content (AvgIpc) is 2.87. The van der Waals surface area contributed by atoms with Gasteiger partial charge >= 0.3 is 0 Å². The molecule has 0 atom stereocenters. The van der Waals surface area contributed by atoms with E-state index in [-0.39, 0.29) is 5.88 Å². The van der Waals surface area contributed by atoms with Crippen LogP contribution in [0.25, 0.3) is 22.4 Å². The quantitative estimate of drug-likeness (QED) is 0.651. The average molecular weight is 246 g/mol. The van der Waals surface area contributed by atoms with Crippen LogP contribution in [0.4, 0.5) is 0 Å². The summed E-state index contributed by atoms with van der Waals surface area (Å²) < 4.78 is 5.12. The van der Waals surface area contributed by atoms with Gasteiger partial charge in [-0.3, -0.25) is 4.98 Å². The zero-order valence-corrected chi connectivity index (χ0v) is 9.55. The maximum Gasteiger partial charge on any atom is 0.257 e. The van der Waals surface area contributed by atoms with Gasteiger partial charge in [0.05, 0.1) is 11.4 Å². The van der Waals surface area contributed by atoms with Gasteiger partial charge in [0.25, 0.3) is 5.89 Å². The van der Waals surface area contributed by atoms with Gasteiger partial charge in [0.15, 0.2) is 5.82 Å². The summed E-state index contributed by atoms with van der Waals surface area (Å²) in [6, 6.07) is 9.68. The first-order valence-electron chi connectivity index (χ1n) is 5.10. The molecule has 0 spiro atoms. The molecule has 0 saturated heterocycles.